The van der Waals surface area contributed by atoms with Crippen molar-refractivity contribution < 1.29 is 23.1 Å². The van der Waals surface area contributed by atoms with Crippen molar-refractivity contribution in [2.45, 2.75) is 38.6 Å². The van der Waals surface area contributed by atoms with Crippen LogP contribution in [0.5, 0.6) is 0 Å². The Morgan fingerprint density at radius 3 is 2.75 bits per heavy atom. The average Bonchev–Trinajstić information content (AvgIpc) is 2.92. The summed E-state index contributed by atoms with van der Waals surface area (Å²) in [6.45, 7) is 3.22. The summed E-state index contributed by atoms with van der Waals surface area (Å²) in [6, 6.07) is 1.52. The molecule has 0 bridgehead atoms. The van der Waals surface area contributed by atoms with Gasteiger partial charge in [0.2, 0.25) is 0 Å². The lowest BCUT2D eigenvalue weighted by molar-refractivity contribution is -0.297. The lowest BCUT2D eigenvalue weighted by Crippen LogP contribution is -2.56. The predicted octanol–water partition coefficient (Wildman–Crippen LogP) is 2.78. The van der Waals surface area contributed by atoms with Crippen LogP contribution < -0.4 is 0 Å². The van der Waals surface area contributed by atoms with Crippen molar-refractivity contribution in [3.05, 3.63) is 21.9 Å². The number of hydrogen-bond donors (Lipinski definition) is 1. The molecule has 2 heterocycles. The normalized spacial score (nSPS) is 23.1. The Bertz CT molecular complexity index is 567. The molecule has 2 rings (SSSR count). The number of hydrazone groups is 1. The molecule has 0 spiro atoms. The fourth-order valence-electron chi connectivity index (χ4n) is 1.95. The molecule has 0 unspecified atom stereocenters. The van der Waals surface area contributed by atoms with Crippen LogP contribution in [-0.2, 0) is 6.42 Å². The van der Waals surface area contributed by atoms with Crippen molar-refractivity contribution in [1.82, 2.24) is 5.01 Å². The monoisotopic (exact) mass is 306 g/mol. The summed E-state index contributed by atoms with van der Waals surface area (Å²) in [6.07, 6.45) is -5.01. The summed E-state index contributed by atoms with van der Waals surface area (Å²) in [5.41, 5.74) is -3.10. The van der Waals surface area contributed by atoms with E-state index in [1.165, 1.54) is 29.7 Å². The maximum absolute atomic E-state index is 13.0. The molecule has 0 fully saturated rings. The number of alkyl halides is 3. The minimum atomic E-state index is -4.96. The van der Waals surface area contributed by atoms with E-state index < -0.39 is 24.2 Å². The van der Waals surface area contributed by atoms with Crippen LogP contribution in [0.3, 0.4) is 0 Å². The number of amides is 1. The minimum Gasteiger partial charge on any atom is -0.362 e. The molecule has 0 saturated carbocycles. The van der Waals surface area contributed by atoms with Gasteiger partial charge in [-0.3, -0.25) is 4.79 Å². The Morgan fingerprint density at radius 1 is 1.60 bits per heavy atom. The molecular weight excluding hydrogens is 293 g/mol. The first kappa shape index (κ1) is 15.0. The second-order valence-corrected chi connectivity index (χ2v) is 5.59. The van der Waals surface area contributed by atoms with E-state index in [1.54, 1.807) is 0 Å². The Morgan fingerprint density at radius 2 is 2.25 bits per heavy atom. The lowest BCUT2D eigenvalue weighted by Gasteiger charge is -2.32. The first-order chi connectivity index (χ1) is 9.19. The van der Waals surface area contributed by atoms with Gasteiger partial charge in [0.25, 0.3) is 11.6 Å². The second kappa shape index (κ2) is 4.85. The zero-order chi connectivity index (χ0) is 15.1. The molecule has 0 aromatic carbocycles. The summed E-state index contributed by atoms with van der Waals surface area (Å²) in [5.74, 6) is -0.947. The second-order valence-electron chi connectivity index (χ2n) is 4.60. The number of rotatable bonds is 2. The van der Waals surface area contributed by atoms with E-state index in [2.05, 4.69) is 5.10 Å². The zero-order valence-electron chi connectivity index (χ0n) is 10.9. The van der Waals surface area contributed by atoms with E-state index in [-0.39, 0.29) is 16.3 Å². The van der Waals surface area contributed by atoms with Crippen molar-refractivity contribution in [2.24, 2.45) is 5.10 Å². The largest absolute Gasteiger partial charge is 0.438 e. The molecule has 0 aliphatic carbocycles. The van der Waals surface area contributed by atoms with Gasteiger partial charge in [-0.2, -0.15) is 23.3 Å². The molecule has 1 amide bonds. The van der Waals surface area contributed by atoms with E-state index >= 15 is 0 Å². The third-order valence-corrected chi connectivity index (χ3v) is 4.10. The predicted molar refractivity (Wildman–Crippen MR) is 68.6 cm³/mol. The van der Waals surface area contributed by atoms with Crippen molar-refractivity contribution >= 4 is 23.0 Å². The van der Waals surface area contributed by atoms with Gasteiger partial charge < -0.3 is 5.11 Å². The third-order valence-electron chi connectivity index (χ3n) is 3.02. The fourth-order valence-corrected chi connectivity index (χ4v) is 2.76. The maximum Gasteiger partial charge on any atom is 0.438 e. The number of aryl methyl sites for hydroxylation is 1. The van der Waals surface area contributed by atoms with E-state index in [0.29, 0.717) is 6.42 Å². The van der Waals surface area contributed by atoms with Gasteiger partial charge in [0.05, 0.1) is 5.56 Å². The van der Waals surface area contributed by atoms with Crippen molar-refractivity contribution in [2.75, 3.05) is 0 Å². The molecule has 0 radical (unpaired) electrons. The first-order valence-corrected chi connectivity index (χ1v) is 6.82. The molecule has 1 aromatic heterocycles. The van der Waals surface area contributed by atoms with Crippen LogP contribution in [0.15, 0.2) is 16.5 Å². The van der Waals surface area contributed by atoms with Crippen molar-refractivity contribution in [1.29, 1.82) is 0 Å². The molecule has 0 saturated heterocycles. The number of thiophene rings is 1. The minimum absolute atomic E-state index is 0.0594. The highest BCUT2D eigenvalue weighted by Gasteiger charge is 2.62. The van der Waals surface area contributed by atoms with Gasteiger partial charge in [-0.25, -0.2) is 0 Å². The Labute approximate surface area is 117 Å². The Balaban J connectivity index is 2.36. The number of carbonyl (C=O) groups is 1. The van der Waals surface area contributed by atoms with E-state index in [4.69, 9.17) is 0 Å². The van der Waals surface area contributed by atoms with E-state index in [0.717, 1.165) is 4.88 Å². The van der Waals surface area contributed by atoms with Crippen LogP contribution >= 0.6 is 11.3 Å². The van der Waals surface area contributed by atoms with Crippen molar-refractivity contribution in [3.63, 3.8) is 0 Å². The van der Waals surface area contributed by atoms with Crippen LogP contribution in [0, 0.1) is 0 Å². The van der Waals surface area contributed by atoms with Crippen LogP contribution in [0.4, 0.5) is 13.2 Å². The molecule has 1 N–H and O–H groups in total. The number of halogens is 3. The summed E-state index contributed by atoms with van der Waals surface area (Å²) in [4.78, 5) is 13.0. The fraction of sp³-hybridized carbons (Fsp3) is 0.500. The third kappa shape index (κ3) is 2.33. The van der Waals surface area contributed by atoms with E-state index in [1.807, 2.05) is 6.92 Å². The van der Waals surface area contributed by atoms with Gasteiger partial charge in [0, 0.05) is 22.4 Å². The number of aliphatic hydroxyl groups is 1. The van der Waals surface area contributed by atoms with Gasteiger partial charge in [-0.1, -0.05) is 6.92 Å². The summed E-state index contributed by atoms with van der Waals surface area (Å²) in [7, 11) is 0. The van der Waals surface area contributed by atoms with Crippen LogP contribution in [0.25, 0.3) is 0 Å². The number of nitrogens with zero attached hydrogens (tertiary/aromatic N) is 2. The van der Waals surface area contributed by atoms with Gasteiger partial charge in [-0.15, -0.1) is 11.3 Å². The van der Waals surface area contributed by atoms with E-state index in [9.17, 15) is 23.1 Å². The molecule has 20 heavy (non-hydrogen) atoms. The van der Waals surface area contributed by atoms with Crippen LogP contribution in [0.1, 0.15) is 35.5 Å². The standard InChI is InChI=1S/C12H13F3N2O2S/c1-3-9-4-8(6-20-9)10(18)17-11(19,12(13,14)15)5-7(2)16-17/h4,6,19H,3,5H2,1-2H3/t11-/m1/s1. The smallest absolute Gasteiger partial charge is 0.362 e. The van der Waals surface area contributed by atoms with Gasteiger partial charge in [0.15, 0.2) is 0 Å². The van der Waals surface area contributed by atoms with Crippen molar-refractivity contribution in [3.8, 4) is 0 Å². The molecule has 4 nitrogen and oxygen atoms in total. The highest BCUT2D eigenvalue weighted by Crippen LogP contribution is 2.41. The molecular formula is C12H13F3N2O2S. The summed E-state index contributed by atoms with van der Waals surface area (Å²) >= 11 is 1.29. The molecule has 8 heteroatoms. The first-order valence-electron chi connectivity index (χ1n) is 5.94. The number of carbonyl (C=O) groups excluding carboxylic acids is 1. The highest BCUT2D eigenvalue weighted by molar-refractivity contribution is 7.10. The maximum atomic E-state index is 13.0. The van der Waals surface area contributed by atoms with Crippen LogP contribution in [0.2, 0.25) is 0 Å². The number of hydrogen-bond acceptors (Lipinski definition) is 4. The van der Waals surface area contributed by atoms with Gasteiger partial charge >= 0.3 is 6.18 Å². The SMILES string of the molecule is CCc1cc(C(=O)N2N=C(C)C[C@@]2(O)C(F)(F)F)cs1. The lowest BCUT2D eigenvalue weighted by atomic mass is 10.1. The van der Waals surface area contributed by atoms with Crippen LogP contribution in [-0.4, -0.2) is 33.6 Å². The average molecular weight is 306 g/mol. The van der Waals surface area contributed by atoms with Gasteiger partial charge in [-0.05, 0) is 19.4 Å². The molecule has 1 aliphatic rings. The highest BCUT2D eigenvalue weighted by atomic mass is 32.1. The van der Waals surface area contributed by atoms with Gasteiger partial charge in [0.1, 0.15) is 0 Å². The quantitative estimate of drug-likeness (QED) is 0.913. The summed E-state index contributed by atoms with van der Waals surface area (Å²) in [5, 5.41) is 15.0. The Hall–Kier alpha value is -1.41. The molecule has 1 atom stereocenters. The summed E-state index contributed by atoms with van der Waals surface area (Å²) < 4.78 is 39.0. The Kier molecular flexibility index (Phi) is 3.64. The molecule has 1 aliphatic heterocycles. The topological polar surface area (TPSA) is 52.9 Å². The zero-order valence-corrected chi connectivity index (χ0v) is 11.7. The molecule has 110 valence electrons. The molecule has 1 aromatic rings.